The normalized spacial score (nSPS) is 14.3. The Kier molecular flexibility index (Phi) is 38.1. The van der Waals surface area contributed by atoms with Gasteiger partial charge in [-0.05, 0) is 64.2 Å². The molecule has 0 fully saturated rings. The number of carboxylic acid groups (broad SMARTS) is 1. The zero-order valence-corrected chi connectivity index (χ0v) is 36.3. The van der Waals surface area contributed by atoms with Gasteiger partial charge in [0.1, 0.15) is 12.6 Å². The molecule has 0 saturated heterocycles. The molecular weight excluding hydrogens is 757 g/mol. The van der Waals surface area contributed by atoms with Crippen LogP contribution in [0, 0.1) is 0 Å². The van der Waals surface area contributed by atoms with Crippen molar-refractivity contribution in [2.24, 2.45) is 5.73 Å². The molecule has 0 aliphatic rings. The Morgan fingerprint density at radius 1 is 0.586 bits per heavy atom. The average molecular weight is 834 g/mol. The Balaban J connectivity index is 4.48. The van der Waals surface area contributed by atoms with Gasteiger partial charge in [0.05, 0.1) is 13.2 Å². The number of ether oxygens (including phenoxy) is 2. The summed E-state index contributed by atoms with van der Waals surface area (Å²) in [5.41, 5.74) is 5.33. The molecule has 58 heavy (non-hydrogen) atoms. The zero-order chi connectivity index (χ0) is 42.8. The lowest BCUT2D eigenvalue weighted by molar-refractivity contribution is -0.161. The van der Waals surface area contributed by atoms with Gasteiger partial charge < -0.3 is 25.2 Å². The molecule has 0 saturated carbocycles. The van der Waals surface area contributed by atoms with Gasteiger partial charge in [-0.1, -0.05) is 157 Å². The number of carboxylic acids is 1. The van der Waals surface area contributed by atoms with Crippen LogP contribution >= 0.6 is 7.82 Å². The molecule has 0 bridgehead atoms. The van der Waals surface area contributed by atoms with E-state index in [1.54, 1.807) is 0 Å². The van der Waals surface area contributed by atoms with Crippen molar-refractivity contribution in [3.8, 4) is 0 Å². The highest BCUT2D eigenvalue weighted by Gasteiger charge is 2.28. The Labute approximate surface area is 350 Å². The van der Waals surface area contributed by atoms with Crippen LogP contribution in [0.2, 0.25) is 0 Å². The fraction of sp³-hybridized carbons (Fsp3) is 0.630. The van der Waals surface area contributed by atoms with Gasteiger partial charge in [-0.2, -0.15) is 0 Å². The van der Waals surface area contributed by atoms with E-state index in [4.69, 9.17) is 24.8 Å². The molecule has 0 heterocycles. The molecule has 12 heteroatoms. The van der Waals surface area contributed by atoms with Crippen LogP contribution in [0.4, 0.5) is 0 Å². The number of aliphatic carboxylic acids is 1. The zero-order valence-electron chi connectivity index (χ0n) is 35.4. The number of hydrogen-bond donors (Lipinski definition) is 3. The predicted octanol–water partition coefficient (Wildman–Crippen LogP) is 11.5. The molecule has 1 unspecified atom stereocenters. The van der Waals surface area contributed by atoms with E-state index in [9.17, 15) is 23.8 Å². The third kappa shape index (κ3) is 39.5. The summed E-state index contributed by atoms with van der Waals surface area (Å²) in [6, 6.07) is -1.53. The number of rotatable bonds is 40. The Bertz CT molecular complexity index is 1290. The van der Waals surface area contributed by atoms with E-state index >= 15 is 0 Å². The summed E-state index contributed by atoms with van der Waals surface area (Å²) < 4.78 is 32.6. The molecule has 0 aromatic heterocycles. The minimum Gasteiger partial charge on any atom is -0.480 e. The maximum atomic E-state index is 12.6. The fourth-order valence-electron chi connectivity index (χ4n) is 5.42. The van der Waals surface area contributed by atoms with Crippen LogP contribution in [-0.2, 0) is 37.5 Å². The maximum absolute atomic E-state index is 12.6. The lowest BCUT2D eigenvalue weighted by Crippen LogP contribution is -2.34. The van der Waals surface area contributed by atoms with E-state index in [2.05, 4.69) is 78.8 Å². The van der Waals surface area contributed by atoms with E-state index in [0.29, 0.717) is 12.8 Å². The minimum absolute atomic E-state index is 0.0921. The van der Waals surface area contributed by atoms with E-state index in [1.807, 2.05) is 18.2 Å². The van der Waals surface area contributed by atoms with Crippen LogP contribution in [0.3, 0.4) is 0 Å². The lowest BCUT2D eigenvalue weighted by Gasteiger charge is -2.20. The number of carbonyl (C=O) groups is 3. The second-order valence-corrected chi connectivity index (χ2v) is 15.6. The van der Waals surface area contributed by atoms with Crippen LogP contribution in [0.1, 0.15) is 155 Å². The second-order valence-electron chi connectivity index (χ2n) is 14.2. The molecule has 0 rings (SSSR count). The average Bonchev–Trinajstić information content (AvgIpc) is 3.20. The summed E-state index contributed by atoms with van der Waals surface area (Å²) in [5.74, 6) is -2.50. The molecule has 11 nitrogen and oxygen atoms in total. The number of esters is 2. The fourth-order valence-corrected chi connectivity index (χ4v) is 6.20. The topological polar surface area (TPSA) is 172 Å². The van der Waals surface area contributed by atoms with Crippen LogP contribution in [-0.4, -0.2) is 59.9 Å². The van der Waals surface area contributed by atoms with Gasteiger partial charge in [-0.25, -0.2) is 4.57 Å². The quantitative estimate of drug-likeness (QED) is 0.0232. The summed E-state index contributed by atoms with van der Waals surface area (Å²) in [4.78, 5) is 45.9. The van der Waals surface area contributed by atoms with E-state index in [1.165, 1.54) is 57.8 Å². The number of carbonyl (C=O) groups excluding carboxylic acids is 2. The summed E-state index contributed by atoms with van der Waals surface area (Å²) in [7, 11) is -4.74. The van der Waals surface area contributed by atoms with Gasteiger partial charge in [-0.3, -0.25) is 23.4 Å². The Morgan fingerprint density at radius 3 is 1.48 bits per heavy atom. The van der Waals surface area contributed by atoms with Crippen molar-refractivity contribution in [3.05, 3.63) is 85.6 Å². The molecule has 0 amide bonds. The molecule has 330 valence electrons. The van der Waals surface area contributed by atoms with Gasteiger partial charge in [-0.15, -0.1) is 6.58 Å². The number of hydrogen-bond acceptors (Lipinski definition) is 9. The van der Waals surface area contributed by atoms with Crippen molar-refractivity contribution in [2.45, 2.75) is 167 Å². The number of unbranched alkanes of at least 4 members (excludes halogenated alkanes) is 13. The Morgan fingerprint density at radius 2 is 1.02 bits per heavy atom. The van der Waals surface area contributed by atoms with Gasteiger partial charge in [0.2, 0.25) is 0 Å². The number of phosphoric acid groups is 1. The molecule has 4 N–H and O–H groups in total. The first-order chi connectivity index (χ1) is 28.1. The van der Waals surface area contributed by atoms with E-state index in [-0.39, 0.29) is 12.8 Å². The van der Waals surface area contributed by atoms with Crippen molar-refractivity contribution in [2.75, 3.05) is 19.8 Å². The van der Waals surface area contributed by atoms with Crippen molar-refractivity contribution >= 4 is 25.7 Å². The highest BCUT2D eigenvalue weighted by molar-refractivity contribution is 7.47. The van der Waals surface area contributed by atoms with Crippen molar-refractivity contribution in [1.29, 1.82) is 0 Å². The first-order valence-corrected chi connectivity index (χ1v) is 23.1. The van der Waals surface area contributed by atoms with Gasteiger partial charge >= 0.3 is 25.7 Å². The van der Waals surface area contributed by atoms with Gasteiger partial charge in [0, 0.05) is 12.8 Å². The predicted molar refractivity (Wildman–Crippen MR) is 235 cm³/mol. The standard InChI is InChI=1S/C46H76NO10P/c1-3-5-7-9-11-13-15-17-19-20-21-22-24-25-27-29-31-33-35-37-44(48)54-39-42(40-55-58(52,53)56-41-43(47)46(50)51)57-45(49)38-36-34-32-30-28-26-23-18-16-14-12-10-8-6-4-2/h4-5,7,11,13,17,19,21-22,25,27,31,33,42-43H,2-3,6,8-10,12,14-16,18,20,23-24,26,28-30,32,34-41,47H2,1H3,(H,50,51)(H,52,53)/b7-5+,13-11+,19-17+,22-21+,27-25+,33-31+/t42-,43+/m1/s1. The van der Waals surface area contributed by atoms with Crippen molar-refractivity contribution < 1.29 is 47.5 Å². The van der Waals surface area contributed by atoms with E-state index in [0.717, 1.165) is 64.2 Å². The smallest absolute Gasteiger partial charge is 0.472 e. The monoisotopic (exact) mass is 834 g/mol. The summed E-state index contributed by atoms with van der Waals surface area (Å²) in [6.45, 7) is 4.12. The summed E-state index contributed by atoms with van der Waals surface area (Å²) >= 11 is 0. The third-order valence-corrected chi connectivity index (χ3v) is 9.74. The molecule has 0 aliphatic heterocycles. The maximum Gasteiger partial charge on any atom is 0.472 e. The van der Waals surface area contributed by atoms with Crippen molar-refractivity contribution in [3.63, 3.8) is 0 Å². The third-order valence-electron chi connectivity index (χ3n) is 8.79. The number of phosphoric ester groups is 1. The molecule has 0 aliphatic carbocycles. The van der Waals surface area contributed by atoms with E-state index < -0.39 is 57.7 Å². The van der Waals surface area contributed by atoms with Crippen LogP contribution in [0.15, 0.2) is 85.6 Å². The van der Waals surface area contributed by atoms with Gasteiger partial charge in [0.25, 0.3) is 0 Å². The lowest BCUT2D eigenvalue weighted by atomic mass is 10.0. The first-order valence-electron chi connectivity index (χ1n) is 21.6. The molecule has 0 aromatic carbocycles. The van der Waals surface area contributed by atoms with Crippen LogP contribution < -0.4 is 5.73 Å². The first kappa shape index (κ1) is 54.7. The largest absolute Gasteiger partial charge is 0.480 e. The van der Waals surface area contributed by atoms with Gasteiger partial charge in [0.15, 0.2) is 6.10 Å². The molecule has 0 aromatic rings. The summed E-state index contributed by atoms with van der Waals surface area (Å²) in [6.07, 6.45) is 48.4. The SMILES string of the molecule is C=CCCCCCCCCCCCCCCCC(=O)O[C@H](COC(=O)CC/C=C/C/C=C/C/C=C/C/C=C/C/C=C/C/C=C/CC)COP(=O)(O)OC[C@H](N)C(=O)O. The molecule has 0 radical (unpaired) electrons. The number of nitrogens with two attached hydrogens (primary N) is 1. The molecular formula is C46H76NO10P. The Hall–Kier alpha value is -3.34. The second kappa shape index (κ2) is 40.4. The molecule has 3 atom stereocenters. The molecule has 0 spiro atoms. The van der Waals surface area contributed by atoms with Crippen LogP contribution in [0.5, 0.6) is 0 Å². The summed E-state index contributed by atoms with van der Waals surface area (Å²) in [5, 5.41) is 8.89. The minimum atomic E-state index is -4.74. The number of allylic oxidation sites excluding steroid dienone is 13. The van der Waals surface area contributed by atoms with Crippen molar-refractivity contribution in [1.82, 2.24) is 0 Å². The highest BCUT2D eigenvalue weighted by atomic mass is 31.2. The highest BCUT2D eigenvalue weighted by Crippen LogP contribution is 2.43. The van der Waals surface area contributed by atoms with Crippen LogP contribution in [0.25, 0.3) is 0 Å².